The number of nitrogens with one attached hydrogen (secondary N) is 1. The highest BCUT2D eigenvalue weighted by Gasteiger charge is 2.19. The van der Waals surface area contributed by atoms with Crippen molar-refractivity contribution in [2.45, 2.75) is 19.4 Å². The minimum absolute atomic E-state index is 0.172. The Labute approximate surface area is 213 Å². The van der Waals surface area contributed by atoms with Crippen molar-refractivity contribution >= 4 is 17.5 Å². The molecule has 2 aliphatic rings. The molecule has 9 nitrogen and oxygen atoms in total. The minimum atomic E-state index is -0.432. The van der Waals surface area contributed by atoms with E-state index in [4.69, 9.17) is 9.84 Å². The number of halogens is 1. The first kappa shape index (κ1) is 23.5. The molecule has 1 N–H and O–H groups in total. The number of carbonyl (C=O) groups excluding carboxylic acids is 1. The van der Waals surface area contributed by atoms with E-state index < -0.39 is 5.82 Å². The number of rotatable bonds is 5. The van der Waals surface area contributed by atoms with Crippen molar-refractivity contribution in [3.63, 3.8) is 0 Å². The van der Waals surface area contributed by atoms with Crippen LogP contribution in [0.25, 0.3) is 28.3 Å². The van der Waals surface area contributed by atoms with Crippen molar-refractivity contribution in [2.24, 2.45) is 0 Å². The average Bonchev–Trinajstić information content (AvgIpc) is 3.61. The summed E-state index contributed by atoms with van der Waals surface area (Å²) in [5.74, 6) is -0.0611. The van der Waals surface area contributed by atoms with E-state index in [0.717, 1.165) is 69.9 Å². The van der Waals surface area contributed by atoms with Crippen LogP contribution in [0.15, 0.2) is 54.9 Å². The lowest BCUT2D eigenvalue weighted by Crippen LogP contribution is -2.35. The second-order valence-corrected chi connectivity index (χ2v) is 9.38. The van der Waals surface area contributed by atoms with E-state index in [-0.39, 0.29) is 11.6 Å². The molecule has 6 rings (SSSR count). The van der Waals surface area contributed by atoms with E-state index in [1.54, 1.807) is 33.9 Å². The van der Waals surface area contributed by atoms with Crippen LogP contribution in [-0.4, -0.2) is 74.8 Å². The Balaban J connectivity index is 1.28. The second-order valence-electron chi connectivity index (χ2n) is 9.38. The van der Waals surface area contributed by atoms with Gasteiger partial charge in [0.25, 0.3) is 5.78 Å². The zero-order valence-electron chi connectivity index (χ0n) is 20.4. The first-order valence-corrected chi connectivity index (χ1v) is 12.6. The number of urea groups is 1. The number of carbonyl (C=O) groups is 1. The molecule has 2 fully saturated rings. The number of imidazole rings is 1. The molecule has 2 saturated heterocycles. The highest BCUT2D eigenvalue weighted by atomic mass is 19.1. The summed E-state index contributed by atoms with van der Waals surface area (Å²) in [5, 5.41) is 7.62. The number of amides is 2. The molecule has 0 spiro atoms. The van der Waals surface area contributed by atoms with Crippen LogP contribution in [0.5, 0.6) is 0 Å². The molecule has 0 aliphatic carbocycles. The summed E-state index contributed by atoms with van der Waals surface area (Å²) in [6.45, 7) is 5.55. The molecule has 2 aliphatic heterocycles. The van der Waals surface area contributed by atoms with E-state index in [1.165, 1.54) is 6.07 Å². The molecule has 4 heterocycles. The number of benzene rings is 2. The molecule has 4 aromatic rings. The van der Waals surface area contributed by atoms with Crippen LogP contribution >= 0.6 is 0 Å². The van der Waals surface area contributed by atoms with Crippen LogP contribution < -0.4 is 5.32 Å². The maximum Gasteiger partial charge on any atom is 0.321 e. The third kappa shape index (κ3) is 5.03. The predicted octanol–water partition coefficient (Wildman–Crippen LogP) is 4.06. The van der Waals surface area contributed by atoms with Crippen molar-refractivity contribution in [1.82, 2.24) is 29.4 Å². The van der Waals surface area contributed by atoms with Gasteiger partial charge in [-0.25, -0.2) is 23.7 Å². The van der Waals surface area contributed by atoms with Gasteiger partial charge in [-0.1, -0.05) is 24.3 Å². The van der Waals surface area contributed by atoms with Gasteiger partial charge in [-0.3, -0.25) is 4.90 Å². The van der Waals surface area contributed by atoms with E-state index in [2.05, 4.69) is 26.3 Å². The number of anilines is 1. The fourth-order valence-electron chi connectivity index (χ4n) is 4.87. The van der Waals surface area contributed by atoms with Gasteiger partial charge >= 0.3 is 6.03 Å². The molecule has 0 saturated carbocycles. The largest absolute Gasteiger partial charge is 0.379 e. The maximum absolute atomic E-state index is 14.8. The Kier molecular flexibility index (Phi) is 6.50. The number of likely N-dealkylation sites (tertiary alicyclic amines) is 1. The van der Waals surface area contributed by atoms with Crippen molar-refractivity contribution in [3.05, 3.63) is 66.2 Å². The normalized spacial score (nSPS) is 16.4. The molecule has 37 heavy (non-hydrogen) atoms. The molecule has 0 atom stereocenters. The summed E-state index contributed by atoms with van der Waals surface area (Å²) in [6.07, 6.45) is 5.38. The lowest BCUT2D eigenvalue weighted by Gasteiger charge is -2.27. The first-order chi connectivity index (χ1) is 18.1. The van der Waals surface area contributed by atoms with Crippen LogP contribution in [0.1, 0.15) is 18.4 Å². The number of aromatic nitrogens is 4. The summed E-state index contributed by atoms with van der Waals surface area (Å²) in [4.78, 5) is 25.6. The summed E-state index contributed by atoms with van der Waals surface area (Å²) in [5.41, 5.74) is 4.06. The third-order valence-corrected chi connectivity index (χ3v) is 6.87. The quantitative estimate of drug-likeness (QED) is 0.444. The Hall–Kier alpha value is -3.89. The monoisotopic (exact) mass is 501 g/mol. The average molecular weight is 502 g/mol. The molecule has 0 radical (unpaired) electrons. The number of nitrogens with zero attached hydrogens (tertiary/aromatic N) is 6. The lowest BCUT2D eigenvalue weighted by atomic mass is 10.0. The second kappa shape index (κ2) is 10.2. The molecule has 0 unspecified atom stereocenters. The molecule has 190 valence electrons. The van der Waals surface area contributed by atoms with Gasteiger partial charge in [0, 0.05) is 49.5 Å². The fourth-order valence-corrected chi connectivity index (χ4v) is 4.87. The highest BCUT2D eigenvalue weighted by Crippen LogP contribution is 2.27. The fraction of sp³-hybridized carbons (Fsp3) is 0.333. The van der Waals surface area contributed by atoms with Gasteiger partial charge in [-0.2, -0.15) is 5.10 Å². The molecule has 2 aromatic heterocycles. The zero-order chi connectivity index (χ0) is 25.2. The van der Waals surface area contributed by atoms with Crippen LogP contribution in [0, 0.1) is 5.82 Å². The Morgan fingerprint density at radius 2 is 1.81 bits per heavy atom. The van der Waals surface area contributed by atoms with Crippen LogP contribution in [0.4, 0.5) is 14.9 Å². The number of morpholine rings is 1. The summed E-state index contributed by atoms with van der Waals surface area (Å²) in [6, 6.07) is 12.5. The summed E-state index contributed by atoms with van der Waals surface area (Å²) < 4.78 is 21.9. The smallest absolute Gasteiger partial charge is 0.321 e. The van der Waals surface area contributed by atoms with E-state index in [0.29, 0.717) is 22.9 Å². The van der Waals surface area contributed by atoms with Gasteiger partial charge in [0.2, 0.25) is 0 Å². The summed E-state index contributed by atoms with van der Waals surface area (Å²) >= 11 is 0. The zero-order valence-corrected chi connectivity index (χ0v) is 20.4. The van der Waals surface area contributed by atoms with Crippen molar-refractivity contribution in [2.75, 3.05) is 44.7 Å². The topological polar surface area (TPSA) is 87.9 Å². The van der Waals surface area contributed by atoms with E-state index >= 15 is 0 Å². The highest BCUT2D eigenvalue weighted by molar-refractivity contribution is 5.90. The molecule has 2 aromatic carbocycles. The van der Waals surface area contributed by atoms with Gasteiger partial charge in [0.15, 0.2) is 0 Å². The number of hydrogen-bond acceptors (Lipinski definition) is 6. The van der Waals surface area contributed by atoms with Gasteiger partial charge < -0.3 is 15.0 Å². The van der Waals surface area contributed by atoms with Crippen molar-refractivity contribution in [3.8, 4) is 22.5 Å². The van der Waals surface area contributed by atoms with E-state index in [1.807, 2.05) is 18.2 Å². The van der Waals surface area contributed by atoms with Crippen LogP contribution in [0.3, 0.4) is 0 Å². The molecule has 10 heteroatoms. The van der Waals surface area contributed by atoms with Crippen LogP contribution in [0.2, 0.25) is 0 Å². The Morgan fingerprint density at radius 3 is 2.65 bits per heavy atom. The summed E-state index contributed by atoms with van der Waals surface area (Å²) in [7, 11) is 0. The number of ether oxygens (including phenoxy) is 1. The molecule has 0 bridgehead atoms. The molecular formula is C27H28FN7O2. The van der Waals surface area contributed by atoms with Gasteiger partial charge in [0.1, 0.15) is 11.5 Å². The SMILES string of the molecule is O=C(Nc1ccc(F)c(-c2cn3nc(-c4ccccc4CN4CCOCC4)cnc3n2)c1)N1CCCC1. The Morgan fingerprint density at radius 1 is 1.00 bits per heavy atom. The number of hydrogen-bond donors (Lipinski definition) is 1. The van der Waals surface area contributed by atoms with Gasteiger partial charge in [-0.15, -0.1) is 0 Å². The molecular weight excluding hydrogens is 473 g/mol. The lowest BCUT2D eigenvalue weighted by molar-refractivity contribution is 0.0342. The molecule has 2 amide bonds. The van der Waals surface area contributed by atoms with E-state index in [9.17, 15) is 9.18 Å². The minimum Gasteiger partial charge on any atom is -0.379 e. The van der Waals surface area contributed by atoms with Crippen LogP contribution in [-0.2, 0) is 11.3 Å². The standard InChI is InChI=1S/C27H28FN7O2/c28-23-8-7-20(30-27(36)34-9-3-4-10-34)15-22(23)25-18-35-26(31-25)29-16-24(32-35)21-6-2-1-5-19(21)17-33-11-13-37-14-12-33/h1-2,5-8,15-16,18H,3-4,9-14,17H2,(H,30,36). The van der Waals surface area contributed by atoms with Gasteiger partial charge in [0.05, 0.1) is 31.3 Å². The number of fused-ring (bicyclic) bond motifs is 1. The third-order valence-electron chi connectivity index (χ3n) is 6.87. The van der Waals surface area contributed by atoms with Gasteiger partial charge in [-0.05, 0) is 36.6 Å². The van der Waals surface area contributed by atoms with Crippen molar-refractivity contribution in [1.29, 1.82) is 0 Å². The first-order valence-electron chi connectivity index (χ1n) is 12.6. The van der Waals surface area contributed by atoms with Crippen molar-refractivity contribution < 1.29 is 13.9 Å². The Bertz CT molecular complexity index is 1430. The predicted molar refractivity (Wildman–Crippen MR) is 138 cm³/mol. The maximum atomic E-state index is 14.8.